The number of rotatable bonds is 1. The van der Waals surface area contributed by atoms with E-state index in [2.05, 4.69) is 0 Å². The van der Waals surface area contributed by atoms with Gasteiger partial charge in [0.05, 0.1) is 0 Å². The molecule has 2 aromatic rings. The molecular formula is C19H18O4. The summed E-state index contributed by atoms with van der Waals surface area (Å²) in [5.41, 5.74) is 2.78. The Labute approximate surface area is 134 Å². The Morgan fingerprint density at radius 3 is 2.52 bits per heavy atom. The molecule has 1 aliphatic carbocycles. The molecule has 23 heavy (non-hydrogen) atoms. The molecule has 0 radical (unpaired) electrons. The van der Waals surface area contributed by atoms with Crippen molar-refractivity contribution in [1.29, 1.82) is 0 Å². The van der Waals surface area contributed by atoms with Crippen molar-refractivity contribution in [2.75, 3.05) is 0 Å². The van der Waals surface area contributed by atoms with Crippen LogP contribution in [0.4, 0.5) is 0 Å². The third-order valence-electron chi connectivity index (χ3n) is 4.97. The first-order chi connectivity index (χ1) is 11.0. The number of phenolic OH excluding ortho intramolecular Hbond substituents is 2. The van der Waals surface area contributed by atoms with E-state index in [0.717, 1.165) is 22.4 Å². The molecule has 2 aliphatic rings. The molecular weight excluding hydrogens is 292 g/mol. The van der Waals surface area contributed by atoms with Crippen LogP contribution in [0.3, 0.4) is 0 Å². The van der Waals surface area contributed by atoms with Crippen molar-refractivity contribution in [2.24, 2.45) is 5.92 Å². The molecule has 118 valence electrons. The minimum Gasteiger partial charge on any atom is -0.508 e. The van der Waals surface area contributed by atoms with Crippen molar-refractivity contribution >= 4 is 5.78 Å². The largest absolute Gasteiger partial charge is 0.508 e. The number of aromatic hydroxyl groups is 2. The van der Waals surface area contributed by atoms with E-state index >= 15 is 0 Å². The van der Waals surface area contributed by atoms with Crippen molar-refractivity contribution in [3.8, 4) is 17.2 Å². The van der Waals surface area contributed by atoms with Gasteiger partial charge in [0.1, 0.15) is 29.1 Å². The van der Waals surface area contributed by atoms with Crippen molar-refractivity contribution in [1.82, 2.24) is 0 Å². The number of phenols is 2. The Balaban J connectivity index is 1.83. The van der Waals surface area contributed by atoms with E-state index in [9.17, 15) is 15.0 Å². The fourth-order valence-electron chi connectivity index (χ4n) is 3.96. The molecule has 0 bridgehead atoms. The summed E-state index contributed by atoms with van der Waals surface area (Å²) in [6, 6.07) is 10.4. The normalized spacial score (nSPS) is 25.6. The zero-order valence-electron chi connectivity index (χ0n) is 12.8. The van der Waals surface area contributed by atoms with E-state index in [1.165, 1.54) is 0 Å². The van der Waals surface area contributed by atoms with Crippen LogP contribution in [0.1, 0.15) is 41.6 Å². The second-order valence-electron chi connectivity index (χ2n) is 6.53. The van der Waals surface area contributed by atoms with E-state index in [-0.39, 0.29) is 35.2 Å². The van der Waals surface area contributed by atoms with Gasteiger partial charge < -0.3 is 14.9 Å². The van der Waals surface area contributed by atoms with Crippen LogP contribution in [0.25, 0.3) is 0 Å². The molecule has 0 spiro atoms. The lowest BCUT2D eigenvalue weighted by atomic mass is 9.79. The first-order valence-corrected chi connectivity index (χ1v) is 7.83. The van der Waals surface area contributed by atoms with Gasteiger partial charge in [-0.1, -0.05) is 12.1 Å². The zero-order chi connectivity index (χ0) is 16.1. The third kappa shape index (κ3) is 2.25. The molecule has 1 saturated carbocycles. The summed E-state index contributed by atoms with van der Waals surface area (Å²) >= 11 is 0. The second-order valence-corrected chi connectivity index (χ2v) is 6.53. The van der Waals surface area contributed by atoms with Crippen molar-refractivity contribution in [3.05, 3.63) is 53.1 Å². The first kappa shape index (κ1) is 14.1. The fourth-order valence-corrected chi connectivity index (χ4v) is 3.96. The number of hydrogen-bond acceptors (Lipinski definition) is 4. The zero-order valence-corrected chi connectivity index (χ0v) is 12.8. The highest BCUT2D eigenvalue weighted by Gasteiger charge is 2.45. The highest BCUT2D eigenvalue weighted by atomic mass is 16.5. The van der Waals surface area contributed by atoms with E-state index < -0.39 is 0 Å². The highest BCUT2D eigenvalue weighted by Crippen LogP contribution is 2.54. The summed E-state index contributed by atoms with van der Waals surface area (Å²) in [5, 5.41) is 19.4. The van der Waals surface area contributed by atoms with Crippen molar-refractivity contribution in [2.45, 2.75) is 31.8 Å². The van der Waals surface area contributed by atoms with Crippen molar-refractivity contribution < 1.29 is 19.7 Å². The SMILES string of the molecule is Cc1cc(O)cc2c1OC(c1ccc(O)cc1)C1CC(=O)CC21. The van der Waals surface area contributed by atoms with Gasteiger partial charge in [0, 0.05) is 30.2 Å². The molecule has 4 rings (SSSR count). The summed E-state index contributed by atoms with van der Waals surface area (Å²) in [4.78, 5) is 12.1. The second kappa shape index (κ2) is 5.01. The van der Waals surface area contributed by atoms with Gasteiger partial charge in [-0.25, -0.2) is 0 Å². The Morgan fingerprint density at radius 1 is 1.04 bits per heavy atom. The van der Waals surface area contributed by atoms with Crippen LogP contribution in [0.2, 0.25) is 0 Å². The number of Topliss-reactive ketones (excluding diaryl/α,β-unsaturated/α-hetero) is 1. The lowest BCUT2D eigenvalue weighted by Gasteiger charge is -2.36. The molecule has 0 saturated heterocycles. The summed E-state index contributed by atoms with van der Waals surface area (Å²) in [7, 11) is 0. The molecule has 3 atom stereocenters. The first-order valence-electron chi connectivity index (χ1n) is 7.83. The molecule has 4 heteroatoms. The summed E-state index contributed by atoms with van der Waals surface area (Å²) in [5.74, 6) is 1.59. The van der Waals surface area contributed by atoms with Gasteiger partial charge in [-0.3, -0.25) is 4.79 Å². The molecule has 1 heterocycles. The number of benzene rings is 2. The maximum atomic E-state index is 12.1. The maximum Gasteiger partial charge on any atom is 0.133 e. The molecule has 2 N–H and O–H groups in total. The number of hydrogen-bond donors (Lipinski definition) is 2. The number of carbonyl (C=O) groups is 1. The van der Waals surface area contributed by atoms with Gasteiger partial charge in [-0.05, 0) is 42.3 Å². The van der Waals surface area contributed by atoms with Crippen LogP contribution >= 0.6 is 0 Å². The number of ketones is 1. The topological polar surface area (TPSA) is 66.8 Å². The highest BCUT2D eigenvalue weighted by molar-refractivity contribution is 5.83. The quantitative estimate of drug-likeness (QED) is 0.844. The summed E-state index contributed by atoms with van der Waals surface area (Å²) < 4.78 is 6.26. The maximum absolute atomic E-state index is 12.1. The molecule has 3 unspecified atom stereocenters. The van der Waals surface area contributed by atoms with Crippen LogP contribution in [0.15, 0.2) is 36.4 Å². The van der Waals surface area contributed by atoms with Crippen LogP contribution in [-0.4, -0.2) is 16.0 Å². The fraction of sp³-hybridized carbons (Fsp3) is 0.316. The van der Waals surface area contributed by atoms with Gasteiger partial charge in [-0.15, -0.1) is 0 Å². The van der Waals surface area contributed by atoms with Gasteiger partial charge in [0.15, 0.2) is 0 Å². The third-order valence-corrected chi connectivity index (χ3v) is 4.97. The molecule has 4 nitrogen and oxygen atoms in total. The molecule has 0 aromatic heterocycles. The Kier molecular flexibility index (Phi) is 3.08. The predicted molar refractivity (Wildman–Crippen MR) is 84.8 cm³/mol. The number of aryl methyl sites for hydroxylation is 1. The number of fused-ring (bicyclic) bond motifs is 3. The average molecular weight is 310 g/mol. The van der Waals surface area contributed by atoms with E-state index in [1.807, 2.05) is 19.1 Å². The average Bonchev–Trinajstić information content (AvgIpc) is 2.89. The smallest absolute Gasteiger partial charge is 0.133 e. The Morgan fingerprint density at radius 2 is 1.78 bits per heavy atom. The van der Waals surface area contributed by atoms with Crippen LogP contribution in [0, 0.1) is 12.8 Å². The minimum atomic E-state index is -0.206. The Hall–Kier alpha value is -2.49. The lowest BCUT2D eigenvalue weighted by Crippen LogP contribution is -2.27. The molecule has 0 amide bonds. The predicted octanol–water partition coefficient (Wildman–Crippen LogP) is 3.60. The van der Waals surface area contributed by atoms with Gasteiger partial charge in [0.25, 0.3) is 0 Å². The number of ether oxygens (including phenoxy) is 1. The summed E-state index contributed by atoms with van der Waals surface area (Å²) in [6.07, 6.45) is 0.783. The standard InChI is InChI=1S/C19H18O4/c1-10-6-13(21)8-16-15-7-14(22)9-17(15)19(23-18(10)16)11-2-4-12(20)5-3-11/h2-6,8,15,17,19-21H,7,9H2,1H3. The van der Waals surface area contributed by atoms with E-state index in [0.29, 0.717) is 12.8 Å². The Bertz CT molecular complexity index is 779. The van der Waals surface area contributed by atoms with Crippen LogP contribution < -0.4 is 4.74 Å². The van der Waals surface area contributed by atoms with E-state index in [1.54, 1.807) is 24.3 Å². The molecule has 1 fully saturated rings. The van der Waals surface area contributed by atoms with Gasteiger partial charge >= 0.3 is 0 Å². The van der Waals surface area contributed by atoms with Crippen LogP contribution in [-0.2, 0) is 4.79 Å². The van der Waals surface area contributed by atoms with Crippen molar-refractivity contribution in [3.63, 3.8) is 0 Å². The number of carbonyl (C=O) groups excluding carboxylic acids is 1. The van der Waals surface area contributed by atoms with Gasteiger partial charge in [0.2, 0.25) is 0 Å². The lowest BCUT2D eigenvalue weighted by molar-refractivity contribution is -0.117. The summed E-state index contributed by atoms with van der Waals surface area (Å²) in [6.45, 7) is 1.91. The van der Waals surface area contributed by atoms with E-state index in [4.69, 9.17) is 4.74 Å². The monoisotopic (exact) mass is 310 g/mol. The van der Waals surface area contributed by atoms with Gasteiger partial charge in [-0.2, -0.15) is 0 Å². The molecule has 1 aliphatic heterocycles. The van der Waals surface area contributed by atoms with Crippen LogP contribution in [0.5, 0.6) is 17.2 Å². The minimum absolute atomic E-state index is 0.0701. The molecule has 2 aromatic carbocycles.